The van der Waals surface area contributed by atoms with Crippen LogP contribution in [0, 0.1) is 10.5 Å². The second-order valence-electron chi connectivity index (χ2n) is 3.52. The highest BCUT2D eigenvalue weighted by atomic mass is 127. The first kappa shape index (κ1) is 12.1. The molecule has 0 aliphatic heterocycles. The number of aromatic nitrogens is 2. The molecule has 1 heterocycles. The molecule has 2 rings (SSSR count). The first-order valence-electron chi connectivity index (χ1n) is 5.09. The molecule has 17 heavy (non-hydrogen) atoms. The minimum atomic E-state index is 0.536. The Hall–Kier alpha value is -1.37. The van der Waals surface area contributed by atoms with Gasteiger partial charge in [-0.15, -0.1) is 0 Å². The van der Waals surface area contributed by atoms with E-state index in [0.29, 0.717) is 11.8 Å². The van der Waals surface area contributed by atoms with Crippen molar-refractivity contribution >= 4 is 34.2 Å². The zero-order valence-electron chi connectivity index (χ0n) is 9.57. The fourth-order valence-electron chi connectivity index (χ4n) is 1.36. The van der Waals surface area contributed by atoms with Crippen molar-refractivity contribution in [1.29, 1.82) is 0 Å². The van der Waals surface area contributed by atoms with E-state index in [-0.39, 0.29) is 0 Å². The molecule has 0 bridgehead atoms. The summed E-state index contributed by atoms with van der Waals surface area (Å²) in [5.74, 6) is 1.13. The van der Waals surface area contributed by atoms with Crippen LogP contribution in [-0.2, 0) is 0 Å². The van der Waals surface area contributed by atoms with Crippen molar-refractivity contribution in [3.05, 3.63) is 39.6 Å². The smallest absolute Gasteiger partial charge is 0.230 e. The second kappa shape index (κ2) is 5.31. The van der Waals surface area contributed by atoms with Gasteiger partial charge in [0.25, 0.3) is 0 Å². The van der Waals surface area contributed by atoms with Gasteiger partial charge in [0.2, 0.25) is 11.8 Å². The highest BCUT2D eigenvalue weighted by molar-refractivity contribution is 14.1. The maximum Gasteiger partial charge on any atom is 0.230 e. The standard InChI is InChI=1S/C12H12IN3O/c1-8-7-14-12(16-11(8)17-2)15-10-5-3-9(13)4-6-10/h3-7H,1-2H3,(H,14,15,16). The van der Waals surface area contributed by atoms with Crippen LogP contribution in [0.3, 0.4) is 0 Å². The van der Waals surface area contributed by atoms with Gasteiger partial charge < -0.3 is 10.1 Å². The van der Waals surface area contributed by atoms with Crippen LogP contribution in [0.1, 0.15) is 5.56 Å². The second-order valence-corrected chi connectivity index (χ2v) is 4.76. The molecule has 0 saturated heterocycles. The fourth-order valence-corrected chi connectivity index (χ4v) is 1.72. The summed E-state index contributed by atoms with van der Waals surface area (Å²) >= 11 is 2.26. The molecule has 0 atom stereocenters. The molecule has 1 N–H and O–H groups in total. The van der Waals surface area contributed by atoms with Crippen LogP contribution in [0.5, 0.6) is 5.88 Å². The Bertz CT molecular complexity index is 514. The van der Waals surface area contributed by atoms with Crippen molar-refractivity contribution in [3.63, 3.8) is 0 Å². The summed E-state index contributed by atoms with van der Waals surface area (Å²) in [7, 11) is 1.60. The number of ether oxygens (including phenoxy) is 1. The van der Waals surface area contributed by atoms with Gasteiger partial charge in [0.1, 0.15) is 0 Å². The summed E-state index contributed by atoms with van der Waals surface area (Å²) in [6, 6.07) is 8.01. The number of rotatable bonds is 3. The number of methoxy groups -OCH3 is 1. The molecule has 0 spiro atoms. The molecule has 0 aliphatic carbocycles. The van der Waals surface area contributed by atoms with E-state index in [1.165, 1.54) is 3.57 Å². The van der Waals surface area contributed by atoms with E-state index in [9.17, 15) is 0 Å². The fraction of sp³-hybridized carbons (Fsp3) is 0.167. The number of halogens is 1. The summed E-state index contributed by atoms with van der Waals surface area (Å²) in [5.41, 5.74) is 1.87. The van der Waals surface area contributed by atoms with E-state index >= 15 is 0 Å². The summed E-state index contributed by atoms with van der Waals surface area (Å²) in [4.78, 5) is 8.46. The van der Waals surface area contributed by atoms with E-state index in [1.807, 2.05) is 31.2 Å². The Balaban J connectivity index is 2.21. The molecule has 0 aliphatic rings. The van der Waals surface area contributed by atoms with E-state index < -0.39 is 0 Å². The molecule has 0 radical (unpaired) electrons. The van der Waals surface area contributed by atoms with Crippen LogP contribution < -0.4 is 10.1 Å². The van der Waals surface area contributed by atoms with Crippen molar-refractivity contribution in [2.45, 2.75) is 6.92 Å². The third-order valence-corrected chi connectivity index (χ3v) is 2.94. The minimum absolute atomic E-state index is 0.536. The van der Waals surface area contributed by atoms with Crippen molar-refractivity contribution in [2.24, 2.45) is 0 Å². The van der Waals surface area contributed by atoms with E-state index in [1.54, 1.807) is 13.3 Å². The number of anilines is 2. The number of hydrogen-bond donors (Lipinski definition) is 1. The van der Waals surface area contributed by atoms with Crippen LogP contribution in [-0.4, -0.2) is 17.1 Å². The molecule has 0 fully saturated rings. The predicted molar refractivity (Wildman–Crippen MR) is 75.8 cm³/mol. The van der Waals surface area contributed by atoms with Gasteiger partial charge in [0, 0.05) is 21.0 Å². The Morgan fingerprint density at radius 3 is 2.59 bits per heavy atom. The summed E-state index contributed by atoms with van der Waals surface area (Å²) < 4.78 is 6.34. The largest absolute Gasteiger partial charge is 0.481 e. The number of benzene rings is 1. The molecule has 5 heteroatoms. The number of nitrogens with one attached hydrogen (secondary N) is 1. The normalized spacial score (nSPS) is 10.1. The maximum atomic E-state index is 5.15. The highest BCUT2D eigenvalue weighted by Gasteiger charge is 2.03. The van der Waals surface area contributed by atoms with Gasteiger partial charge in [0.05, 0.1) is 7.11 Å². The van der Waals surface area contributed by atoms with Crippen molar-refractivity contribution in [1.82, 2.24) is 9.97 Å². The Morgan fingerprint density at radius 1 is 1.24 bits per heavy atom. The van der Waals surface area contributed by atoms with Crippen molar-refractivity contribution in [2.75, 3.05) is 12.4 Å². The van der Waals surface area contributed by atoms with Crippen LogP contribution >= 0.6 is 22.6 Å². The summed E-state index contributed by atoms with van der Waals surface area (Å²) in [6.07, 6.45) is 1.74. The monoisotopic (exact) mass is 341 g/mol. The first-order chi connectivity index (χ1) is 8.19. The Labute approximate surface area is 114 Å². The number of nitrogens with zero attached hydrogens (tertiary/aromatic N) is 2. The molecule has 88 valence electrons. The third-order valence-electron chi connectivity index (χ3n) is 2.22. The van der Waals surface area contributed by atoms with Crippen LogP contribution in [0.15, 0.2) is 30.5 Å². The van der Waals surface area contributed by atoms with E-state index in [4.69, 9.17) is 4.74 Å². The van der Waals surface area contributed by atoms with Crippen molar-refractivity contribution in [3.8, 4) is 5.88 Å². The molecule has 0 amide bonds. The SMILES string of the molecule is COc1nc(Nc2ccc(I)cc2)ncc1C. The molecule has 4 nitrogen and oxygen atoms in total. The molecule has 1 aromatic carbocycles. The third kappa shape index (κ3) is 3.06. The predicted octanol–water partition coefficient (Wildman–Crippen LogP) is 3.14. The minimum Gasteiger partial charge on any atom is -0.481 e. The highest BCUT2D eigenvalue weighted by Crippen LogP contribution is 2.18. The Morgan fingerprint density at radius 2 is 1.94 bits per heavy atom. The lowest BCUT2D eigenvalue weighted by molar-refractivity contribution is 0.394. The lowest BCUT2D eigenvalue weighted by Crippen LogP contribution is -2.00. The molecule has 1 aromatic heterocycles. The van der Waals surface area contributed by atoms with Gasteiger partial charge in [-0.2, -0.15) is 4.98 Å². The zero-order valence-corrected chi connectivity index (χ0v) is 11.7. The maximum absolute atomic E-state index is 5.15. The topological polar surface area (TPSA) is 47.0 Å². The summed E-state index contributed by atoms with van der Waals surface area (Å²) in [6.45, 7) is 1.91. The molecule has 2 aromatic rings. The van der Waals surface area contributed by atoms with Gasteiger partial charge in [-0.1, -0.05) is 0 Å². The van der Waals surface area contributed by atoms with Gasteiger partial charge >= 0.3 is 0 Å². The molecular formula is C12H12IN3O. The Kier molecular flexibility index (Phi) is 3.78. The summed E-state index contributed by atoms with van der Waals surface area (Å²) in [5, 5.41) is 3.13. The van der Waals surface area contributed by atoms with Crippen LogP contribution in [0.25, 0.3) is 0 Å². The zero-order chi connectivity index (χ0) is 12.3. The van der Waals surface area contributed by atoms with Crippen LogP contribution in [0.4, 0.5) is 11.6 Å². The molecule has 0 saturated carbocycles. The first-order valence-corrected chi connectivity index (χ1v) is 6.17. The average molecular weight is 341 g/mol. The molecular weight excluding hydrogens is 329 g/mol. The number of hydrogen-bond acceptors (Lipinski definition) is 4. The lowest BCUT2D eigenvalue weighted by atomic mass is 10.3. The number of aryl methyl sites for hydroxylation is 1. The van der Waals surface area contributed by atoms with Gasteiger partial charge in [-0.25, -0.2) is 4.98 Å². The van der Waals surface area contributed by atoms with Crippen molar-refractivity contribution < 1.29 is 4.74 Å². The quantitative estimate of drug-likeness (QED) is 0.872. The lowest BCUT2D eigenvalue weighted by Gasteiger charge is -2.07. The van der Waals surface area contributed by atoms with E-state index in [0.717, 1.165) is 11.3 Å². The molecule has 0 unspecified atom stereocenters. The van der Waals surface area contributed by atoms with Gasteiger partial charge in [-0.3, -0.25) is 0 Å². The average Bonchev–Trinajstić information content (AvgIpc) is 2.34. The van der Waals surface area contributed by atoms with Gasteiger partial charge in [0.15, 0.2) is 0 Å². The van der Waals surface area contributed by atoms with Gasteiger partial charge in [-0.05, 0) is 53.8 Å². The van der Waals surface area contributed by atoms with E-state index in [2.05, 4.69) is 37.9 Å². The van der Waals surface area contributed by atoms with Crippen LogP contribution in [0.2, 0.25) is 0 Å².